The van der Waals surface area contributed by atoms with Gasteiger partial charge in [0.2, 0.25) is 0 Å². The lowest BCUT2D eigenvalue weighted by atomic mass is 10.1. The Labute approximate surface area is 222 Å². The minimum Gasteiger partial charge on any atom is -0.455 e. The summed E-state index contributed by atoms with van der Waals surface area (Å²) in [4.78, 5) is 21.0. The maximum atomic E-state index is 14.4. The second kappa shape index (κ2) is 9.33. The van der Waals surface area contributed by atoms with Gasteiger partial charge in [0.1, 0.15) is 16.9 Å². The normalized spacial score (nSPS) is 11.5. The smallest absolute Gasteiger partial charge is 0.410 e. The van der Waals surface area contributed by atoms with Gasteiger partial charge in [-0.2, -0.15) is 0 Å². The van der Waals surface area contributed by atoms with Crippen LogP contribution in [0.1, 0.15) is 29.6 Å². The van der Waals surface area contributed by atoms with Gasteiger partial charge in [0.15, 0.2) is 23.0 Å². The van der Waals surface area contributed by atoms with Crippen LogP contribution in [0.3, 0.4) is 0 Å². The van der Waals surface area contributed by atoms with Gasteiger partial charge in [-0.3, -0.25) is 0 Å². The van der Waals surface area contributed by atoms with Crippen molar-refractivity contribution in [2.24, 2.45) is 5.73 Å². The van der Waals surface area contributed by atoms with Crippen molar-refractivity contribution >= 4 is 60.1 Å². The number of carbonyl (C=O) groups excluding carboxylic acids is 1. The number of amides is 1. The first-order valence-corrected chi connectivity index (χ1v) is 12.8. The lowest BCUT2D eigenvalue weighted by Crippen LogP contribution is -2.17. The number of aryl methyl sites for hydroxylation is 3. The quantitative estimate of drug-likeness (QED) is 0.226. The highest BCUT2D eigenvalue weighted by atomic mass is 79.9. The number of nitrogens with zero attached hydrogens (tertiary/aromatic N) is 3. The lowest BCUT2D eigenvalue weighted by Gasteiger charge is -2.09. The number of hydrogen-bond acceptors (Lipinski definition) is 5. The van der Waals surface area contributed by atoms with Crippen LogP contribution in [-0.2, 0) is 13.0 Å². The molecule has 2 aromatic carbocycles. The molecular formula is C26H21Br2FN4O3. The Balaban J connectivity index is 1.61. The molecule has 0 unspecified atom stereocenters. The van der Waals surface area contributed by atoms with Gasteiger partial charge in [-0.25, -0.2) is 19.2 Å². The van der Waals surface area contributed by atoms with Crippen molar-refractivity contribution in [2.75, 3.05) is 0 Å². The first-order valence-electron chi connectivity index (χ1n) is 11.2. The Kier molecular flexibility index (Phi) is 6.34. The third kappa shape index (κ3) is 4.08. The molecule has 3 heterocycles. The number of rotatable bonds is 5. The van der Waals surface area contributed by atoms with Gasteiger partial charge in [0.05, 0.1) is 22.3 Å². The van der Waals surface area contributed by atoms with E-state index in [-0.39, 0.29) is 11.3 Å². The number of fused-ring (bicyclic) bond motifs is 2. The molecule has 0 fully saturated rings. The summed E-state index contributed by atoms with van der Waals surface area (Å²) in [5.41, 5.74) is 10.7. The second-order valence-electron chi connectivity index (χ2n) is 8.39. The zero-order valence-corrected chi connectivity index (χ0v) is 22.8. The summed E-state index contributed by atoms with van der Waals surface area (Å²) in [7, 11) is 0. The number of primary amides is 1. The van der Waals surface area contributed by atoms with Crippen LogP contribution in [0.5, 0.6) is 5.75 Å². The number of ether oxygens (including phenoxy) is 1. The molecule has 0 aliphatic rings. The summed E-state index contributed by atoms with van der Waals surface area (Å²) in [6.45, 7) is 6.64. The van der Waals surface area contributed by atoms with E-state index in [4.69, 9.17) is 24.9 Å². The molecule has 0 saturated heterocycles. The number of halogens is 3. The number of nitrogens with two attached hydrogens (primary N) is 1. The third-order valence-corrected chi connectivity index (χ3v) is 8.01. The Hall–Kier alpha value is -3.24. The molecule has 36 heavy (non-hydrogen) atoms. The Morgan fingerprint density at radius 2 is 1.94 bits per heavy atom. The molecule has 7 nitrogen and oxygen atoms in total. The maximum absolute atomic E-state index is 14.4. The summed E-state index contributed by atoms with van der Waals surface area (Å²) >= 11 is 7.21. The number of furan rings is 1. The van der Waals surface area contributed by atoms with Crippen LogP contribution in [0.4, 0.5) is 9.18 Å². The summed E-state index contributed by atoms with van der Waals surface area (Å²) in [6, 6.07) is 10.1. The second-order valence-corrected chi connectivity index (χ2v) is 9.98. The minimum absolute atomic E-state index is 0.271. The molecule has 0 spiro atoms. The molecule has 5 rings (SSSR count). The van der Waals surface area contributed by atoms with E-state index in [0.29, 0.717) is 22.4 Å². The average molecular weight is 616 g/mol. The molecule has 0 radical (unpaired) electrons. The largest absolute Gasteiger partial charge is 0.455 e. The van der Waals surface area contributed by atoms with Crippen LogP contribution in [0.25, 0.3) is 33.5 Å². The van der Waals surface area contributed by atoms with Crippen molar-refractivity contribution < 1.29 is 18.3 Å². The topological polar surface area (TPSA) is 96.2 Å². The highest BCUT2D eigenvalue weighted by molar-refractivity contribution is 9.11. The van der Waals surface area contributed by atoms with Crippen molar-refractivity contribution in [3.8, 4) is 17.1 Å². The number of pyridine rings is 1. The Morgan fingerprint density at radius 1 is 1.17 bits per heavy atom. The predicted octanol–water partition coefficient (Wildman–Crippen LogP) is 7.19. The molecule has 184 valence electrons. The molecule has 0 aliphatic heterocycles. The van der Waals surface area contributed by atoms with Crippen LogP contribution in [0.15, 0.2) is 49.8 Å². The van der Waals surface area contributed by atoms with Gasteiger partial charge in [0.25, 0.3) is 0 Å². The van der Waals surface area contributed by atoms with Crippen molar-refractivity contribution in [1.29, 1.82) is 0 Å². The first-order chi connectivity index (χ1) is 17.2. The fraction of sp³-hybridized carbons (Fsp3) is 0.192. The van der Waals surface area contributed by atoms with Gasteiger partial charge >= 0.3 is 6.09 Å². The number of hydrogen-bond donors (Lipinski definition) is 1. The Morgan fingerprint density at radius 3 is 2.67 bits per heavy atom. The van der Waals surface area contributed by atoms with E-state index in [1.54, 1.807) is 6.07 Å². The summed E-state index contributed by atoms with van der Waals surface area (Å²) in [5, 5.41) is 0.794. The minimum atomic E-state index is -1.11. The number of benzene rings is 2. The van der Waals surface area contributed by atoms with Gasteiger partial charge in [0, 0.05) is 16.3 Å². The van der Waals surface area contributed by atoms with E-state index in [0.717, 1.165) is 50.1 Å². The molecule has 0 atom stereocenters. The molecule has 5 aromatic rings. The standard InChI is InChI=1S/C26H21Br2FN4O3/c1-4-19-32-22-12(2)20(27)13(3)31-25(22)33(19)11-14-8-9-18-16(10-14)21(28)24(35-18)15-6-5-7-17(29)23(15)36-26(30)34/h5-10H,4,11H2,1-3H3,(H2,30,34). The Bertz CT molecular complexity index is 1680. The number of imidazole rings is 1. The third-order valence-electron chi connectivity index (χ3n) is 6.06. The maximum Gasteiger partial charge on any atom is 0.410 e. The zero-order chi connectivity index (χ0) is 25.7. The van der Waals surface area contributed by atoms with Gasteiger partial charge < -0.3 is 19.5 Å². The van der Waals surface area contributed by atoms with Crippen LogP contribution in [0, 0.1) is 19.7 Å². The van der Waals surface area contributed by atoms with Gasteiger partial charge in [-0.05, 0) is 81.1 Å². The van der Waals surface area contributed by atoms with E-state index in [2.05, 4.69) is 43.4 Å². The van der Waals surface area contributed by atoms with Gasteiger partial charge in [-0.15, -0.1) is 0 Å². The SMILES string of the molecule is CCc1nc2c(C)c(Br)c(C)nc2n1Cc1ccc2oc(-c3cccc(F)c3OC(N)=O)c(Br)c2c1. The number of aromatic nitrogens is 3. The molecular weight excluding hydrogens is 595 g/mol. The average Bonchev–Trinajstić information content (AvgIpc) is 3.36. The van der Waals surface area contributed by atoms with E-state index in [1.165, 1.54) is 12.1 Å². The fourth-order valence-corrected chi connectivity index (χ4v) is 5.22. The van der Waals surface area contributed by atoms with Crippen LogP contribution in [-0.4, -0.2) is 20.6 Å². The molecule has 2 N–H and O–H groups in total. The van der Waals surface area contributed by atoms with Crippen LogP contribution in [0.2, 0.25) is 0 Å². The van der Waals surface area contributed by atoms with E-state index >= 15 is 0 Å². The molecule has 3 aromatic heterocycles. The predicted molar refractivity (Wildman–Crippen MR) is 143 cm³/mol. The van der Waals surface area contributed by atoms with Crippen molar-refractivity contribution in [3.05, 3.63) is 73.8 Å². The summed E-state index contributed by atoms with van der Waals surface area (Å²) in [5.74, 6) is 0.268. The molecule has 0 bridgehead atoms. The van der Waals surface area contributed by atoms with E-state index in [9.17, 15) is 9.18 Å². The molecule has 0 aliphatic carbocycles. The highest BCUT2D eigenvalue weighted by Crippen LogP contribution is 2.42. The van der Waals surface area contributed by atoms with E-state index in [1.807, 2.05) is 32.0 Å². The van der Waals surface area contributed by atoms with E-state index < -0.39 is 11.9 Å². The summed E-state index contributed by atoms with van der Waals surface area (Å²) < 4.78 is 29.1. The highest BCUT2D eigenvalue weighted by Gasteiger charge is 2.22. The van der Waals surface area contributed by atoms with Gasteiger partial charge in [-0.1, -0.05) is 19.1 Å². The van der Waals surface area contributed by atoms with Crippen molar-refractivity contribution in [1.82, 2.24) is 14.5 Å². The van der Waals surface area contributed by atoms with Crippen LogP contribution >= 0.6 is 31.9 Å². The van der Waals surface area contributed by atoms with Crippen molar-refractivity contribution in [2.45, 2.75) is 33.7 Å². The zero-order valence-electron chi connectivity index (χ0n) is 19.7. The molecule has 10 heteroatoms. The van der Waals surface area contributed by atoms with Crippen molar-refractivity contribution in [3.63, 3.8) is 0 Å². The monoisotopic (exact) mass is 614 g/mol. The number of carbonyl (C=O) groups is 1. The fourth-order valence-electron chi connectivity index (χ4n) is 4.33. The molecule has 1 amide bonds. The number of para-hydroxylation sites is 1. The lowest BCUT2D eigenvalue weighted by molar-refractivity contribution is 0.209. The molecule has 0 saturated carbocycles. The first kappa shape index (κ1) is 24.5. The van der Waals surface area contributed by atoms with Crippen LogP contribution < -0.4 is 10.5 Å². The summed E-state index contributed by atoms with van der Waals surface area (Å²) in [6.07, 6.45) is -0.350.